The minimum absolute atomic E-state index is 0.455. The molecule has 1 unspecified atom stereocenters. The number of hydrogen-bond acceptors (Lipinski definition) is 1. The lowest BCUT2D eigenvalue weighted by Crippen LogP contribution is -2.36. The molecule has 0 aromatic rings. The third-order valence-electron chi connectivity index (χ3n) is 1.57. The second kappa shape index (κ2) is 3.03. The van der Waals surface area contributed by atoms with Gasteiger partial charge < -0.3 is 5.11 Å². The summed E-state index contributed by atoms with van der Waals surface area (Å²) in [5.41, 5.74) is -0.725. The standard InChI is InChI=1S/C7H17O2Si/c1-5-7(2,8)6-10(3,4)9/h8H,5-6H2,1-4H3. The first kappa shape index (κ1) is 10.1. The zero-order chi connectivity index (χ0) is 8.41. The summed E-state index contributed by atoms with van der Waals surface area (Å²) < 4.78 is 0. The van der Waals surface area contributed by atoms with Gasteiger partial charge >= 0.3 is 0 Å². The zero-order valence-corrected chi connectivity index (χ0v) is 8.27. The first-order valence-electron chi connectivity index (χ1n) is 3.70. The molecule has 0 aromatic carbocycles. The van der Waals surface area contributed by atoms with Gasteiger partial charge in [-0.3, -0.25) is 4.80 Å². The smallest absolute Gasteiger partial charge is 0.234 e. The average molecular weight is 161 g/mol. The Morgan fingerprint density at radius 1 is 1.50 bits per heavy atom. The van der Waals surface area contributed by atoms with E-state index in [1.807, 2.05) is 6.92 Å². The fourth-order valence-electron chi connectivity index (χ4n) is 1.04. The summed E-state index contributed by atoms with van der Waals surface area (Å²) in [6, 6.07) is 0.455. The third-order valence-corrected chi connectivity index (χ3v) is 3.18. The van der Waals surface area contributed by atoms with Crippen LogP contribution in [0, 0.1) is 0 Å². The summed E-state index contributed by atoms with van der Waals surface area (Å²) in [7, 11) is -2.31. The topological polar surface area (TPSA) is 40.1 Å². The van der Waals surface area contributed by atoms with Crippen LogP contribution >= 0.6 is 0 Å². The highest BCUT2D eigenvalue weighted by molar-refractivity contribution is 6.69. The van der Waals surface area contributed by atoms with Crippen molar-refractivity contribution >= 4 is 8.32 Å². The van der Waals surface area contributed by atoms with Crippen LogP contribution < -0.4 is 0 Å². The molecule has 0 rings (SSSR count). The van der Waals surface area contributed by atoms with Crippen molar-refractivity contribution < 1.29 is 9.90 Å². The van der Waals surface area contributed by atoms with Crippen molar-refractivity contribution in [3.8, 4) is 0 Å². The maximum absolute atomic E-state index is 11.3. The summed E-state index contributed by atoms with van der Waals surface area (Å²) in [6.07, 6.45) is 0.672. The van der Waals surface area contributed by atoms with Crippen LogP contribution in [0.2, 0.25) is 19.1 Å². The highest BCUT2D eigenvalue weighted by atomic mass is 28.4. The van der Waals surface area contributed by atoms with Crippen molar-refractivity contribution in [2.75, 3.05) is 0 Å². The Kier molecular flexibility index (Phi) is 3.07. The quantitative estimate of drug-likeness (QED) is 0.630. The molecule has 1 N–H and O–H groups in total. The predicted molar refractivity (Wildman–Crippen MR) is 43.9 cm³/mol. The number of hydrogen-bond donors (Lipinski definition) is 1. The summed E-state index contributed by atoms with van der Waals surface area (Å²) >= 11 is 0. The second-order valence-electron chi connectivity index (χ2n) is 3.79. The molecule has 0 bridgehead atoms. The van der Waals surface area contributed by atoms with Gasteiger partial charge in [-0.25, -0.2) is 0 Å². The van der Waals surface area contributed by atoms with E-state index >= 15 is 0 Å². The van der Waals surface area contributed by atoms with E-state index < -0.39 is 13.9 Å². The van der Waals surface area contributed by atoms with Gasteiger partial charge in [0.2, 0.25) is 8.32 Å². The van der Waals surface area contributed by atoms with Gasteiger partial charge in [-0.15, -0.1) is 0 Å². The molecule has 0 saturated carbocycles. The fourth-order valence-corrected chi connectivity index (χ4v) is 3.13. The molecule has 0 aliphatic heterocycles. The molecule has 3 heteroatoms. The maximum Gasteiger partial charge on any atom is 0.234 e. The van der Waals surface area contributed by atoms with E-state index in [9.17, 15) is 9.90 Å². The molecule has 0 aliphatic carbocycles. The summed E-state index contributed by atoms with van der Waals surface area (Å²) in [6.45, 7) is 7.11. The van der Waals surface area contributed by atoms with Crippen molar-refractivity contribution in [1.82, 2.24) is 0 Å². The predicted octanol–water partition coefficient (Wildman–Crippen LogP) is 1.78. The van der Waals surface area contributed by atoms with Gasteiger partial charge in [0.05, 0.1) is 5.60 Å². The molecule has 10 heavy (non-hydrogen) atoms. The Morgan fingerprint density at radius 3 is 2.00 bits per heavy atom. The van der Waals surface area contributed by atoms with Crippen LogP contribution in [-0.2, 0) is 4.80 Å². The minimum Gasteiger partial charge on any atom is -0.390 e. The van der Waals surface area contributed by atoms with E-state index in [1.54, 1.807) is 20.0 Å². The molecule has 1 atom stereocenters. The lowest BCUT2D eigenvalue weighted by atomic mass is 10.1. The molecule has 0 aromatic heterocycles. The Morgan fingerprint density at radius 2 is 1.90 bits per heavy atom. The van der Waals surface area contributed by atoms with Gasteiger partial charge in [0.25, 0.3) is 0 Å². The van der Waals surface area contributed by atoms with Gasteiger partial charge in [0.1, 0.15) is 0 Å². The van der Waals surface area contributed by atoms with Crippen LogP contribution in [0.3, 0.4) is 0 Å². The van der Waals surface area contributed by atoms with Crippen molar-refractivity contribution in [2.24, 2.45) is 0 Å². The van der Waals surface area contributed by atoms with Crippen molar-refractivity contribution in [3.05, 3.63) is 0 Å². The highest BCUT2D eigenvalue weighted by Crippen LogP contribution is 2.21. The van der Waals surface area contributed by atoms with E-state index in [1.165, 1.54) is 0 Å². The first-order valence-corrected chi connectivity index (χ1v) is 6.81. The van der Waals surface area contributed by atoms with Gasteiger partial charge in [-0.05, 0) is 32.5 Å². The highest BCUT2D eigenvalue weighted by Gasteiger charge is 2.30. The Balaban J connectivity index is 3.89. The lowest BCUT2D eigenvalue weighted by molar-refractivity contribution is 0.0708. The summed E-state index contributed by atoms with van der Waals surface area (Å²) in [4.78, 5) is 11.3. The van der Waals surface area contributed by atoms with E-state index in [2.05, 4.69) is 0 Å². The summed E-state index contributed by atoms with van der Waals surface area (Å²) in [5.74, 6) is 0. The Hall–Kier alpha value is 0.137. The van der Waals surface area contributed by atoms with Gasteiger partial charge in [0, 0.05) is 0 Å². The van der Waals surface area contributed by atoms with Gasteiger partial charge in [-0.1, -0.05) is 6.92 Å². The van der Waals surface area contributed by atoms with E-state index in [0.717, 1.165) is 0 Å². The fraction of sp³-hybridized carbons (Fsp3) is 1.00. The van der Waals surface area contributed by atoms with Crippen LogP contribution in [0.25, 0.3) is 0 Å². The molecule has 1 radical (unpaired) electrons. The molecule has 61 valence electrons. The zero-order valence-electron chi connectivity index (χ0n) is 7.27. The van der Waals surface area contributed by atoms with Crippen molar-refractivity contribution in [2.45, 2.75) is 45.0 Å². The summed E-state index contributed by atoms with van der Waals surface area (Å²) in [5, 5.41) is 9.49. The van der Waals surface area contributed by atoms with Crippen molar-refractivity contribution in [3.63, 3.8) is 0 Å². The van der Waals surface area contributed by atoms with E-state index in [0.29, 0.717) is 12.5 Å². The van der Waals surface area contributed by atoms with Crippen LogP contribution in [0.5, 0.6) is 0 Å². The van der Waals surface area contributed by atoms with E-state index in [-0.39, 0.29) is 0 Å². The normalized spacial score (nSPS) is 18.6. The minimum atomic E-state index is -2.31. The number of rotatable bonds is 3. The molecule has 0 fully saturated rings. The van der Waals surface area contributed by atoms with Crippen LogP contribution in [-0.4, -0.2) is 19.0 Å². The third kappa shape index (κ3) is 4.96. The van der Waals surface area contributed by atoms with E-state index in [4.69, 9.17) is 0 Å². The van der Waals surface area contributed by atoms with Crippen LogP contribution in [0.4, 0.5) is 0 Å². The maximum atomic E-state index is 11.3. The molecule has 0 amide bonds. The van der Waals surface area contributed by atoms with Crippen molar-refractivity contribution in [1.29, 1.82) is 0 Å². The second-order valence-corrected chi connectivity index (χ2v) is 7.66. The Bertz CT molecular complexity index is 105. The average Bonchev–Trinajstić information content (AvgIpc) is 1.60. The van der Waals surface area contributed by atoms with Gasteiger partial charge in [0.15, 0.2) is 0 Å². The monoisotopic (exact) mass is 161 g/mol. The first-order chi connectivity index (χ1) is 4.27. The molecule has 0 aliphatic rings. The Labute approximate surface area is 64.0 Å². The lowest BCUT2D eigenvalue weighted by Gasteiger charge is -2.25. The largest absolute Gasteiger partial charge is 0.390 e. The van der Waals surface area contributed by atoms with Gasteiger partial charge in [-0.2, -0.15) is 0 Å². The number of aliphatic hydroxyl groups is 1. The van der Waals surface area contributed by atoms with Crippen LogP contribution in [0.15, 0.2) is 0 Å². The molecule has 0 heterocycles. The molecule has 0 spiro atoms. The molecule has 2 nitrogen and oxygen atoms in total. The SMILES string of the molecule is CCC(C)(O)C[Si](C)(C)[O]. The molecular formula is C7H17O2Si. The molecular weight excluding hydrogens is 144 g/mol. The molecule has 0 saturated heterocycles. The van der Waals surface area contributed by atoms with Crippen LogP contribution in [0.1, 0.15) is 20.3 Å².